The van der Waals surface area contributed by atoms with E-state index in [-0.39, 0.29) is 26.9 Å². The van der Waals surface area contributed by atoms with Crippen molar-refractivity contribution in [1.29, 1.82) is 0 Å². The van der Waals surface area contributed by atoms with Crippen LogP contribution in [0.5, 0.6) is 0 Å². The van der Waals surface area contributed by atoms with E-state index in [9.17, 15) is 0 Å². The van der Waals surface area contributed by atoms with Crippen LogP contribution >= 0.6 is 0 Å². The molecule has 0 aromatic rings. The molecule has 0 aliphatic heterocycles. The summed E-state index contributed by atoms with van der Waals surface area (Å²) in [6.07, 6.45) is 1.50. The molecule has 0 aliphatic carbocycles. The molecule has 0 unspecified atom stereocenters. The molecule has 0 N–H and O–H groups in total. The van der Waals surface area contributed by atoms with Crippen molar-refractivity contribution in [1.82, 2.24) is 0 Å². The van der Waals surface area contributed by atoms with E-state index in [2.05, 4.69) is 13.5 Å². The predicted octanol–water partition coefficient (Wildman–Crippen LogP) is 1.45. The van der Waals surface area contributed by atoms with Crippen molar-refractivity contribution in [3.05, 3.63) is 27.0 Å². The van der Waals surface area contributed by atoms with Gasteiger partial charge in [0.05, 0.1) is 0 Å². The fraction of sp³-hybridized carbons (Fsp3) is 0. The molecule has 0 aromatic carbocycles. The minimum atomic E-state index is 0. The molecule has 0 saturated carbocycles. The van der Waals surface area contributed by atoms with Gasteiger partial charge in [0.2, 0.25) is 0 Å². The topological polar surface area (TPSA) is 0 Å². The van der Waals surface area contributed by atoms with Crippen LogP contribution in [0.15, 0.2) is 12.7 Å². The van der Waals surface area contributed by atoms with Gasteiger partial charge in [-0.05, 0) is 0 Å². The van der Waals surface area contributed by atoms with Gasteiger partial charge in [-0.15, -0.1) is 0 Å². The smallest absolute Gasteiger partial charge is 0.358 e. The van der Waals surface area contributed by atoms with Crippen molar-refractivity contribution >= 4 is 0 Å². The van der Waals surface area contributed by atoms with Crippen LogP contribution in [0.3, 0.4) is 0 Å². The van der Waals surface area contributed by atoms with Gasteiger partial charge >= 0.3 is 19.5 Å². The number of rotatable bonds is 0. The fourth-order valence-corrected chi connectivity index (χ4v) is 0. The molecule has 0 heterocycles. The van der Waals surface area contributed by atoms with Crippen molar-refractivity contribution < 1.29 is 19.5 Å². The summed E-state index contributed by atoms with van der Waals surface area (Å²) in [5.41, 5.74) is 0. The van der Waals surface area contributed by atoms with Crippen LogP contribution in [-0.4, -0.2) is 0 Å². The standard InChI is InChI=1S/C3H5.CH3.Rh/c1-3-2;;/h3H,1-2H2;1H3;/q2*-1;+2. The zero-order valence-electron chi connectivity index (χ0n) is 3.32. The molecule has 0 aliphatic rings. The molecular formula is C4H8Rh. The van der Waals surface area contributed by atoms with E-state index in [0.717, 1.165) is 0 Å². The molecule has 0 fully saturated rings. The molecule has 5 heavy (non-hydrogen) atoms. The molecule has 0 aromatic heterocycles. The summed E-state index contributed by atoms with van der Waals surface area (Å²) < 4.78 is 0. The third-order valence-corrected chi connectivity index (χ3v) is 0. The summed E-state index contributed by atoms with van der Waals surface area (Å²) in [4.78, 5) is 0. The summed E-state index contributed by atoms with van der Waals surface area (Å²) in [6.45, 7) is 6.50. The molecule has 1 radical (unpaired) electrons. The molecule has 0 nitrogen and oxygen atoms in total. The van der Waals surface area contributed by atoms with E-state index in [1.807, 2.05) is 0 Å². The molecule has 0 amide bonds. The molecule has 0 atom stereocenters. The largest absolute Gasteiger partial charge is 2.00 e. The van der Waals surface area contributed by atoms with Gasteiger partial charge in [0, 0.05) is 0 Å². The van der Waals surface area contributed by atoms with Crippen molar-refractivity contribution in [2.75, 3.05) is 0 Å². The first-order chi connectivity index (χ1) is 1.41. The second-order valence-electron chi connectivity index (χ2n) is 0.289. The molecular weight excluding hydrogens is 151 g/mol. The SMILES string of the molecule is C=C[CH2-].[CH3-].[Rh+2]. The summed E-state index contributed by atoms with van der Waals surface area (Å²) in [5, 5.41) is 0. The Morgan fingerprint density at radius 1 is 1.60 bits per heavy atom. The van der Waals surface area contributed by atoms with Gasteiger partial charge in [-0.2, -0.15) is 0 Å². The van der Waals surface area contributed by atoms with E-state index >= 15 is 0 Å². The Morgan fingerprint density at radius 2 is 1.60 bits per heavy atom. The first-order valence-electron chi connectivity index (χ1n) is 0.816. The fourth-order valence-electron chi connectivity index (χ4n) is 0. The normalized spacial score (nSPS) is 2.40. The third-order valence-electron chi connectivity index (χ3n) is 0. The second kappa shape index (κ2) is 29.1. The first-order valence-corrected chi connectivity index (χ1v) is 0.816. The Kier molecular flexibility index (Phi) is 109. The summed E-state index contributed by atoms with van der Waals surface area (Å²) >= 11 is 0. The van der Waals surface area contributed by atoms with Gasteiger partial charge in [-0.3, -0.25) is 0 Å². The van der Waals surface area contributed by atoms with E-state index in [4.69, 9.17) is 0 Å². The van der Waals surface area contributed by atoms with Crippen molar-refractivity contribution in [3.8, 4) is 0 Å². The minimum Gasteiger partial charge on any atom is -0.358 e. The maximum Gasteiger partial charge on any atom is 2.00 e. The zero-order valence-corrected chi connectivity index (χ0v) is 4.96. The van der Waals surface area contributed by atoms with Crippen LogP contribution in [0, 0.1) is 14.4 Å². The monoisotopic (exact) mass is 159 g/mol. The Bertz CT molecular complexity index is 11.1. The van der Waals surface area contributed by atoms with Crippen LogP contribution < -0.4 is 0 Å². The van der Waals surface area contributed by atoms with Crippen LogP contribution in [-0.2, 0) is 19.5 Å². The van der Waals surface area contributed by atoms with Crippen LogP contribution in [0.25, 0.3) is 0 Å². The molecule has 0 spiro atoms. The average Bonchev–Trinajstić information content (AvgIpc) is 0.918. The van der Waals surface area contributed by atoms with Gasteiger partial charge in [0.1, 0.15) is 0 Å². The predicted molar refractivity (Wildman–Crippen MR) is 22.0 cm³/mol. The Labute approximate surface area is 47.0 Å². The summed E-state index contributed by atoms with van der Waals surface area (Å²) in [6, 6.07) is 0. The van der Waals surface area contributed by atoms with Crippen molar-refractivity contribution in [2.24, 2.45) is 0 Å². The van der Waals surface area contributed by atoms with Crippen molar-refractivity contribution in [2.45, 2.75) is 0 Å². The quantitative estimate of drug-likeness (QED) is 0.370. The maximum absolute atomic E-state index is 3.25. The average molecular weight is 159 g/mol. The third kappa shape index (κ3) is 388. The van der Waals surface area contributed by atoms with E-state index in [1.54, 1.807) is 0 Å². The van der Waals surface area contributed by atoms with Gasteiger partial charge in [0.25, 0.3) is 0 Å². The van der Waals surface area contributed by atoms with E-state index in [1.165, 1.54) is 6.08 Å². The Hall–Kier alpha value is 0.233. The molecule has 0 bridgehead atoms. The molecule has 33 valence electrons. The van der Waals surface area contributed by atoms with Gasteiger partial charge in [-0.25, -0.2) is 19.6 Å². The molecule has 0 rings (SSSR count). The Morgan fingerprint density at radius 3 is 1.60 bits per heavy atom. The minimum absolute atomic E-state index is 0. The van der Waals surface area contributed by atoms with Gasteiger partial charge < -0.3 is 7.43 Å². The zero-order chi connectivity index (χ0) is 2.71. The maximum atomic E-state index is 3.25. The molecule has 1 heteroatoms. The van der Waals surface area contributed by atoms with E-state index < -0.39 is 0 Å². The van der Waals surface area contributed by atoms with Crippen LogP contribution in [0.2, 0.25) is 0 Å². The Balaban J connectivity index is -0.0000000200. The number of allylic oxidation sites excluding steroid dienone is 1. The van der Waals surface area contributed by atoms with Crippen molar-refractivity contribution in [3.63, 3.8) is 0 Å². The second-order valence-corrected chi connectivity index (χ2v) is 0.289. The number of hydrogen-bond acceptors (Lipinski definition) is 0. The van der Waals surface area contributed by atoms with Crippen LogP contribution in [0.1, 0.15) is 0 Å². The first kappa shape index (κ1) is 18.8. The summed E-state index contributed by atoms with van der Waals surface area (Å²) in [7, 11) is 0. The van der Waals surface area contributed by atoms with Gasteiger partial charge in [-0.1, -0.05) is 0 Å². The van der Waals surface area contributed by atoms with Crippen LogP contribution in [0.4, 0.5) is 0 Å². The number of hydrogen-bond donors (Lipinski definition) is 0. The summed E-state index contributed by atoms with van der Waals surface area (Å²) in [5.74, 6) is 0. The van der Waals surface area contributed by atoms with E-state index in [0.29, 0.717) is 0 Å². The van der Waals surface area contributed by atoms with Gasteiger partial charge in [0.15, 0.2) is 0 Å². The molecule has 0 saturated heterocycles.